The van der Waals surface area contributed by atoms with Crippen molar-refractivity contribution in [3.05, 3.63) is 21.3 Å². The van der Waals surface area contributed by atoms with E-state index in [4.69, 9.17) is 11.6 Å². The Kier molecular flexibility index (Phi) is 3.94. The molecule has 2 aliphatic rings. The van der Waals surface area contributed by atoms with Crippen LogP contribution in [0.25, 0.3) is 0 Å². The van der Waals surface area contributed by atoms with Gasteiger partial charge in [-0.1, -0.05) is 11.6 Å². The molecule has 4 heteroatoms. The number of thiophene rings is 1. The third-order valence-corrected chi connectivity index (χ3v) is 5.83. The summed E-state index contributed by atoms with van der Waals surface area (Å²) >= 11 is 7.72. The summed E-state index contributed by atoms with van der Waals surface area (Å²) in [6.45, 7) is 1.21. The van der Waals surface area contributed by atoms with Crippen molar-refractivity contribution in [3.8, 4) is 0 Å². The van der Waals surface area contributed by atoms with Crippen molar-refractivity contribution in [1.82, 2.24) is 10.2 Å². The van der Waals surface area contributed by atoms with E-state index in [1.807, 2.05) is 6.07 Å². The van der Waals surface area contributed by atoms with E-state index < -0.39 is 0 Å². The molecule has 2 aliphatic heterocycles. The highest BCUT2D eigenvalue weighted by molar-refractivity contribution is 7.16. The molecule has 1 aromatic heterocycles. The summed E-state index contributed by atoms with van der Waals surface area (Å²) in [5.74, 6) is 0. The average molecular weight is 285 g/mol. The maximum absolute atomic E-state index is 5.99. The van der Waals surface area contributed by atoms with Crippen LogP contribution in [-0.2, 0) is 6.42 Å². The molecule has 0 saturated carbocycles. The summed E-state index contributed by atoms with van der Waals surface area (Å²) in [4.78, 5) is 4.18. The Balaban J connectivity index is 1.58. The Morgan fingerprint density at radius 1 is 1.33 bits per heavy atom. The Morgan fingerprint density at radius 2 is 2.06 bits per heavy atom. The largest absolute Gasteiger partial charge is 0.317 e. The lowest BCUT2D eigenvalue weighted by atomic mass is 9.97. The maximum atomic E-state index is 5.99. The molecule has 1 N–H and O–H groups in total. The van der Waals surface area contributed by atoms with E-state index in [0.717, 1.165) is 28.9 Å². The monoisotopic (exact) mass is 284 g/mol. The molecule has 0 amide bonds. The molecule has 2 unspecified atom stereocenters. The zero-order valence-corrected chi connectivity index (χ0v) is 12.4. The minimum Gasteiger partial charge on any atom is -0.317 e. The lowest BCUT2D eigenvalue weighted by Crippen LogP contribution is -2.48. The molecular formula is C14H21ClN2S. The van der Waals surface area contributed by atoms with Crippen LogP contribution >= 0.6 is 22.9 Å². The summed E-state index contributed by atoms with van der Waals surface area (Å²) in [6, 6.07) is 6.57. The Hall–Kier alpha value is -0.0900. The number of nitrogens with one attached hydrogen (secondary N) is 1. The summed E-state index contributed by atoms with van der Waals surface area (Å²) in [7, 11) is 2.10. The van der Waals surface area contributed by atoms with Gasteiger partial charge in [-0.05, 0) is 51.3 Å². The highest BCUT2D eigenvalue weighted by Gasteiger charge is 2.39. The topological polar surface area (TPSA) is 15.3 Å². The van der Waals surface area contributed by atoms with E-state index in [-0.39, 0.29) is 0 Å². The van der Waals surface area contributed by atoms with Crippen LogP contribution in [0.3, 0.4) is 0 Å². The molecule has 0 spiro atoms. The quantitative estimate of drug-likeness (QED) is 0.914. The second-order valence-corrected chi connectivity index (χ2v) is 7.34. The van der Waals surface area contributed by atoms with E-state index >= 15 is 0 Å². The molecular weight excluding hydrogens is 264 g/mol. The van der Waals surface area contributed by atoms with Gasteiger partial charge in [-0.3, -0.25) is 4.90 Å². The fourth-order valence-electron chi connectivity index (χ4n) is 3.60. The number of hydrogen-bond acceptors (Lipinski definition) is 3. The lowest BCUT2D eigenvalue weighted by Gasteiger charge is -2.38. The van der Waals surface area contributed by atoms with E-state index in [1.165, 1.54) is 37.1 Å². The number of halogens is 1. The van der Waals surface area contributed by atoms with Crippen molar-refractivity contribution in [2.24, 2.45) is 0 Å². The van der Waals surface area contributed by atoms with Crippen molar-refractivity contribution in [2.75, 3.05) is 13.6 Å². The highest BCUT2D eigenvalue weighted by Crippen LogP contribution is 2.36. The van der Waals surface area contributed by atoms with Gasteiger partial charge in [0, 0.05) is 29.5 Å². The van der Waals surface area contributed by atoms with Gasteiger partial charge < -0.3 is 5.32 Å². The minimum absolute atomic E-state index is 0.745. The highest BCUT2D eigenvalue weighted by atomic mass is 35.5. The third-order valence-electron chi connectivity index (χ3n) is 4.54. The lowest BCUT2D eigenvalue weighted by molar-refractivity contribution is 0.121. The first-order valence-electron chi connectivity index (χ1n) is 6.93. The van der Waals surface area contributed by atoms with Crippen LogP contribution in [0.15, 0.2) is 12.1 Å². The van der Waals surface area contributed by atoms with E-state index in [2.05, 4.69) is 23.3 Å². The molecule has 1 aromatic rings. The minimum atomic E-state index is 0.745. The van der Waals surface area contributed by atoms with Crippen LogP contribution in [-0.4, -0.2) is 36.6 Å². The standard InChI is InChI=1S/C14H21ClN2S/c1-16-10-8-11-2-3-12(9-10)17(11)7-6-13-4-5-14(15)18-13/h4-5,10-12,16H,2-3,6-9H2,1H3. The maximum Gasteiger partial charge on any atom is 0.0931 e. The van der Waals surface area contributed by atoms with E-state index in [9.17, 15) is 0 Å². The second kappa shape index (κ2) is 5.49. The Morgan fingerprint density at radius 3 is 2.61 bits per heavy atom. The molecule has 2 atom stereocenters. The van der Waals surface area contributed by atoms with Crippen LogP contribution in [0.2, 0.25) is 4.34 Å². The average Bonchev–Trinajstić information content (AvgIpc) is 2.87. The number of rotatable bonds is 4. The SMILES string of the molecule is CNC1CC2CCC(C1)N2CCc1ccc(Cl)s1. The Labute approximate surface area is 118 Å². The zero-order chi connectivity index (χ0) is 12.5. The molecule has 0 aliphatic carbocycles. The molecule has 100 valence electrons. The second-order valence-electron chi connectivity index (χ2n) is 5.54. The first-order chi connectivity index (χ1) is 8.76. The van der Waals surface area contributed by atoms with Crippen LogP contribution in [0.5, 0.6) is 0 Å². The van der Waals surface area contributed by atoms with Gasteiger partial charge in [0.05, 0.1) is 4.34 Å². The summed E-state index contributed by atoms with van der Waals surface area (Å²) in [5, 5.41) is 3.46. The van der Waals surface area contributed by atoms with Gasteiger partial charge >= 0.3 is 0 Å². The number of piperidine rings is 1. The molecule has 2 fully saturated rings. The van der Waals surface area contributed by atoms with Gasteiger partial charge in [0.2, 0.25) is 0 Å². The molecule has 0 aromatic carbocycles. The number of fused-ring (bicyclic) bond motifs is 2. The molecule has 3 rings (SSSR count). The van der Waals surface area contributed by atoms with Crippen LogP contribution in [0.1, 0.15) is 30.6 Å². The summed E-state index contributed by atoms with van der Waals surface area (Å²) in [6.07, 6.45) is 6.62. The van der Waals surface area contributed by atoms with Gasteiger partial charge in [0.25, 0.3) is 0 Å². The van der Waals surface area contributed by atoms with Crippen molar-refractivity contribution in [2.45, 2.75) is 50.2 Å². The molecule has 2 saturated heterocycles. The molecule has 3 heterocycles. The number of hydrogen-bond donors (Lipinski definition) is 1. The smallest absolute Gasteiger partial charge is 0.0931 e. The van der Waals surface area contributed by atoms with Crippen LogP contribution < -0.4 is 5.32 Å². The predicted octanol–water partition coefficient (Wildman–Crippen LogP) is 3.16. The first kappa shape index (κ1) is 12.9. The van der Waals surface area contributed by atoms with E-state index in [1.54, 1.807) is 11.3 Å². The van der Waals surface area contributed by atoms with Gasteiger partial charge in [-0.15, -0.1) is 11.3 Å². The summed E-state index contributed by atoms with van der Waals surface area (Å²) < 4.78 is 0.918. The van der Waals surface area contributed by atoms with Crippen molar-refractivity contribution < 1.29 is 0 Å². The summed E-state index contributed by atoms with van der Waals surface area (Å²) in [5.41, 5.74) is 0. The van der Waals surface area contributed by atoms with Crippen molar-refractivity contribution in [3.63, 3.8) is 0 Å². The normalized spacial score (nSPS) is 32.0. The fraction of sp³-hybridized carbons (Fsp3) is 0.714. The van der Waals surface area contributed by atoms with Gasteiger partial charge in [-0.2, -0.15) is 0 Å². The van der Waals surface area contributed by atoms with Gasteiger partial charge in [0.1, 0.15) is 0 Å². The molecule has 2 nitrogen and oxygen atoms in total. The van der Waals surface area contributed by atoms with E-state index in [0.29, 0.717) is 0 Å². The van der Waals surface area contributed by atoms with Crippen molar-refractivity contribution >= 4 is 22.9 Å². The predicted molar refractivity (Wildman–Crippen MR) is 78.6 cm³/mol. The molecule has 18 heavy (non-hydrogen) atoms. The van der Waals surface area contributed by atoms with Crippen LogP contribution in [0.4, 0.5) is 0 Å². The zero-order valence-electron chi connectivity index (χ0n) is 10.9. The first-order valence-corrected chi connectivity index (χ1v) is 8.13. The molecule has 0 radical (unpaired) electrons. The van der Waals surface area contributed by atoms with Gasteiger partial charge in [-0.25, -0.2) is 0 Å². The van der Waals surface area contributed by atoms with Crippen molar-refractivity contribution in [1.29, 1.82) is 0 Å². The van der Waals surface area contributed by atoms with Gasteiger partial charge in [0.15, 0.2) is 0 Å². The molecule has 2 bridgehead atoms. The van der Waals surface area contributed by atoms with Crippen LogP contribution in [0, 0.1) is 0 Å². The number of nitrogens with zero attached hydrogens (tertiary/aromatic N) is 1. The fourth-order valence-corrected chi connectivity index (χ4v) is 4.68. The Bertz CT molecular complexity index is 392. The third kappa shape index (κ3) is 2.60.